The van der Waals surface area contributed by atoms with Gasteiger partial charge in [0.2, 0.25) is 0 Å². The highest BCUT2D eigenvalue weighted by Gasteiger charge is 2.14. The largest absolute Gasteiger partial charge is 0.478 e. The molecule has 1 N–H and O–H groups in total. The molecule has 0 spiro atoms. The topological polar surface area (TPSA) is 63.6 Å². The van der Waals surface area contributed by atoms with Crippen LogP contribution in [0, 0.1) is 0 Å². The molecule has 0 heterocycles. The molecule has 0 aromatic heterocycles. The molecule has 0 aliphatic heterocycles. The first-order valence-electron chi connectivity index (χ1n) is 4.82. The van der Waals surface area contributed by atoms with Gasteiger partial charge in [-0.05, 0) is 12.5 Å². The lowest BCUT2D eigenvalue weighted by Gasteiger charge is -2.05. The van der Waals surface area contributed by atoms with E-state index in [4.69, 9.17) is 9.84 Å². The monoisotopic (exact) mass is 220 g/mol. The van der Waals surface area contributed by atoms with E-state index >= 15 is 0 Å². The minimum atomic E-state index is -1.17. The van der Waals surface area contributed by atoms with Crippen LogP contribution in [-0.4, -0.2) is 23.7 Å². The molecule has 1 aromatic rings. The van der Waals surface area contributed by atoms with Crippen LogP contribution in [0.1, 0.15) is 12.5 Å². The first-order valence-corrected chi connectivity index (χ1v) is 4.82. The van der Waals surface area contributed by atoms with Crippen molar-refractivity contribution in [3.63, 3.8) is 0 Å². The van der Waals surface area contributed by atoms with Gasteiger partial charge in [-0.25, -0.2) is 9.59 Å². The second kappa shape index (κ2) is 5.70. The van der Waals surface area contributed by atoms with E-state index in [-0.39, 0.29) is 12.2 Å². The van der Waals surface area contributed by atoms with Crippen molar-refractivity contribution in [3.05, 3.63) is 42.0 Å². The van der Waals surface area contributed by atoms with E-state index in [2.05, 4.69) is 0 Å². The van der Waals surface area contributed by atoms with Crippen LogP contribution < -0.4 is 0 Å². The zero-order valence-corrected chi connectivity index (χ0v) is 8.84. The summed E-state index contributed by atoms with van der Waals surface area (Å²) >= 11 is 0. The highest BCUT2D eigenvalue weighted by atomic mass is 16.5. The van der Waals surface area contributed by atoms with Crippen molar-refractivity contribution in [3.8, 4) is 0 Å². The van der Waals surface area contributed by atoms with Crippen LogP contribution >= 0.6 is 0 Å². The summed E-state index contributed by atoms with van der Waals surface area (Å²) in [5.74, 6) is -1.80. The van der Waals surface area contributed by atoms with Crippen LogP contribution in [0.15, 0.2) is 36.4 Å². The van der Waals surface area contributed by atoms with Crippen molar-refractivity contribution in [2.75, 3.05) is 6.61 Å². The van der Waals surface area contributed by atoms with E-state index < -0.39 is 11.9 Å². The number of aliphatic carboxylic acids is 1. The fourth-order valence-corrected chi connectivity index (χ4v) is 1.21. The molecule has 0 amide bonds. The van der Waals surface area contributed by atoms with Crippen molar-refractivity contribution in [1.29, 1.82) is 0 Å². The molecule has 0 fully saturated rings. The molecule has 1 rings (SSSR count). The quantitative estimate of drug-likeness (QED) is 0.619. The van der Waals surface area contributed by atoms with E-state index in [0.29, 0.717) is 5.56 Å². The maximum absolute atomic E-state index is 11.5. The number of esters is 1. The maximum Gasteiger partial charge on any atom is 0.338 e. The van der Waals surface area contributed by atoms with Crippen LogP contribution in [-0.2, 0) is 14.3 Å². The Balaban J connectivity index is 3.07. The smallest absolute Gasteiger partial charge is 0.338 e. The number of ether oxygens (including phenoxy) is 1. The fourth-order valence-electron chi connectivity index (χ4n) is 1.21. The Hall–Kier alpha value is -2.10. The van der Waals surface area contributed by atoms with Gasteiger partial charge in [-0.2, -0.15) is 0 Å². The molecule has 84 valence electrons. The van der Waals surface area contributed by atoms with Gasteiger partial charge in [0.15, 0.2) is 0 Å². The fraction of sp³-hybridized carbons (Fsp3) is 0.167. The van der Waals surface area contributed by atoms with Gasteiger partial charge in [0.05, 0.1) is 12.2 Å². The van der Waals surface area contributed by atoms with Crippen molar-refractivity contribution in [1.82, 2.24) is 0 Å². The lowest BCUT2D eigenvalue weighted by atomic mass is 10.1. The second-order valence-electron chi connectivity index (χ2n) is 2.98. The van der Waals surface area contributed by atoms with E-state index in [9.17, 15) is 9.59 Å². The predicted octanol–water partition coefficient (Wildman–Crippen LogP) is 1.72. The Labute approximate surface area is 93.2 Å². The number of carbonyl (C=O) groups excluding carboxylic acids is 1. The second-order valence-corrected chi connectivity index (χ2v) is 2.98. The molecule has 0 saturated heterocycles. The van der Waals surface area contributed by atoms with Crippen LogP contribution in [0.4, 0.5) is 0 Å². The van der Waals surface area contributed by atoms with Crippen molar-refractivity contribution in [2.24, 2.45) is 0 Å². The zero-order valence-electron chi connectivity index (χ0n) is 8.84. The summed E-state index contributed by atoms with van der Waals surface area (Å²) in [4.78, 5) is 22.1. The first-order chi connectivity index (χ1) is 7.65. The Morgan fingerprint density at radius 3 is 2.44 bits per heavy atom. The van der Waals surface area contributed by atoms with Gasteiger partial charge >= 0.3 is 11.9 Å². The average molecular weight is 220 g/mol. The Kier molecular flexibility index (Phi) is 4.27. The standard InChI is InChI=1S/C12H12O4/c1-2-16-12(15)10(8-11(13)14)9-6-4-3-5-7-9/h3-8H,2H2,1H3,(H,13,14). The summed E-state index contributed by atoms with van der Waals surface area (Å²) < 4.78 is 4.79. The highest BCUT2D eigenvalue weighted by Crippen LogP contribution is 2.15. The lowest BCUT2D eigenvalue weighted by molar-refractivity contribution is -0.137. The molecular weight excluding hydrogens is 208 g/mol. The third-order valence-corrected chi connectivity index (χ3v) is 1.85. The van der Waals surface area contributed by atoms with E-state index in [1.807, 2.05) is 0 Å². The number of hydrogen-bond acceptors (Lipinski definition) is 3. The molecule has 16 heavy (non-hydrogen) atoms. The summed E-state index contributed by atoms with van der Waals surface area (Å²) in [6, 6.07) is 8.55. The number of carbonyl (C=O) groups is 2. The van der Waals surface area contributed by atoms with Gasteiger partial charge in [-0.3, -0.25) is 0 Å². The van der Waals surface area contributed by atoms with Crippen LogP contribution in [0.25, 0.3) is 5.57 Å². The third-order valence-electron chi connectivity index (χ3n) is 1.85. The van der Waals surface area contributed by atoms with Gasteiger partial charge < -0.3 is 9.84 Å². The molecule has 1 aromatic carbocycles. The van der Waals surface area contributed by atoms with Gasteiger partial charge in [-0.1, -0.05) is 30.3 Å². The van der Waals surface area contributed by atoms with E-state index in [1.54, 1.807) is 37.3 Å². The van der Waals surface area contributed by atoms with Gasteiger partial charge in [0.25, 0.3) is 0 Å². The first kappa shape index (κ1) is 12.0. The Bertz CT molecular complexity index is 406. The number of rotatable bonds is 4. The predicted molar refractivity (Wildman–Crippen MR) is 58.7 cm³/mol. The van der Waals surface area contributed by atoms with E-state index in [0.717, 1.165) is 6.08 Å². The normalized spacial score (nSPS) is 10.9. The Morgan fingerprint density at radius 2 is 1.94 bits per heavy atom. The average Bonchev–Trinajstić information content (AvgIpc) is 2.27. The maximum atomic E-state index is 11.5. The molecule has 0 aliphatic carbocycles. The molecule has 0 saturated carbocycles. The molecule has 4 nitrogen and oxygen atoms in total. The lowest BCUT2D eigenvalue weighted by Crippen LogP contribution is -2.08. The van der Waals surface area contributed by atoms with Crippen LogP contribution in [0.2, 0.25) is 0 Å². The summed E-state index contributed by atoms with van der Waals surface area (Å²) in [5.41, 5.74) is 0.582. The SMILES string of the molecule is CCOC(=O)C(=CC(=O)O)c1ccccc1. The van der Waals surface area contributed by atoms with Crippen molar-refractivity contribution < 1.29 is 19.4 Å². The van der Waals surface area contributed by atoms with Gasteiger partial charge in [0, 0.05) is 6.08 Å². The third kappa shape index (κ3) is 3.24. The number of carboxylic acids is 1. The molecule has 0 bridgehead atoms. The summed E-state index contributed by atoms with van der Waals surface area (Å²) in [7, 11) is 0. The minimum absolute atomic E-state index is 0.0509. The molecule has 0 radical (unpaired) electrons. The van der Waals surface area contributed by atoms with Gasteiger partial charge in [-0.15, -0.1) is 0 Å². The van der Waals surface area contributed by atoms with Crippen LogP contribution in [0.5, 0.6) is 0 Å². The number of benzene rings is 1. The van der Waals surface area contributed by atoms with Gasteiger partial charge in [0.1, 0.15) is 0 Å². The molecular formula is C12H12O4. The molecule has 0 unspecified atom stereocenters. The van der Waals surface area contributed by atoms with Crippen molar-refractivity contribution in [2.45, 2.75) is 6.92 Å². The van der Waals surface area contributed by atoms with Crippen molar-refractivity contribution >= 4 is 17.5 Å². The molecule has 0 atom stereocenters. The van der Waals surface area contributed by atoms with Crippen LogP contribution in [0.3, 0.4) is 0 Å². The Morgan fingerprint density at radius 1 is 1.31 bits per heavy atom. The molecule has 0 aliphatic rings. The summed E-state index contributed by atoms with van der Waals surface area (Å²) in [5, 5.41) is 8.68. The van der Waals surface area contributed by atoms with E-state index in [1.165, 1.54) is 0 Å². The summed E-state index contributed by atoms with van der Waals surface area (Å²) in [6.45, 7) is 1.88. The highest BCUT2D eigenvalue weighted by molar-refractivity contribution is 6.20. The summed E-state index contributed by atoms with van der Waals surface area (Å²) in [6.07, 6.45) is 0.854. The number of hydrogen-bond donors (Lipinski definition) is 1. The minimum Gasteiger partial charge on any atom is -0.478 e. The molecule has 4 heteroatoms. The zero-order chi connectivity index (χ0) is 12.0. The number of carboxylic acid groups (broad SMARTS) is 1.